The van der Waals surface area contributed by atoms with Gasteiger partial charge in [-0.15, -0.1) is 0 Å². The molecule has 2 rings (SSSR count). The van der Waals surface area contributed by atoms with E-state index < -0.39 is 0 Å². The number of benzene rings is 1. The van der Waals surface area contributed by atoms with E-state index in [-0.39, 0.29) is 17.7 Å². The van der Waals surface area contributed by atoms with Crippen LogP contribution >= 0.6 is 0 Å². The Labute approximate surface area is 94.5 Å². The van der Waals surface area contributed by atoms with Gasteiger partial charge in [0.2, 0.25) is 0 Å². The first-order valence-electron chi connectivity index (χ1n) is 5.50. The van der Waals surface area contributed by atoms with Crippen molar-refractivity contribution in [2.75, 3.05) is 6.54 Å². The van der Waals surface area contributed by atoms with Crippen molar-refractivity contribution in [2.45, 2.75) is 18.9 Å². The molecule has 1 aromatic rings. The first-order chi connectivity index (χ1) is 7.68. The molecule has 1 fully saturated rings. The smallest absolute Gasteiger partial charge is 0.255 e. The van der Waals surface area contributed by atoms with Crippen LogP contribution in [0, 0.1) is 5.92 Å². The van der Waals surface area contributed by atoms with E-state index >= 15 is 0 Å². The average molecular weight is 220 g/mol. The number of para-hydroxylation sites is 1. The van der Waals surface area contributed by atoms with E-state index in [9.17, 15) is 9.90 Å². The van der Waals surface area contributed by atoms with E-state index in [4.69, 9.17) is 5.73 Å². The fourth-order valence-electron chi connectivity index (χ4n) is 1.66. The lowest BCUT2D eigenvalue weighted by Gasteiger charge is -2.11. The van der Waals surface area contributed by atoms with E-state index in [2.05, 4.69) is 5.32 Å². The minimum atomic E-state index is -0.269. The molecular formula is C12H16N2O2. The van der Waals surface area contributed by atoms with Gasteiger partial charge in [-0.05, 0) is 30.9 Å². The number of phenolic OH excluding ortho intramolecular Hbond substituents is 1. The van der Waals surface area contributed by atoms with E-state index in [0.29, 0.717) is 18.0 Å². The zero-order valence-corrected chi connectivity index (χ0v) is 9.02. The Hall–Kier alpha value is -1.55. The highest BCUT2D eigenvalue weighted by Gasteiger charge is 2.28. The molecular weight excluding hydrogens is 204 g/mol. The van der Waals surface area contributed by atoms with Gasteiger partial charge in [0.15, 0.2) is 0 Å². The Balaban J connectivity index is 1.90. The maximum absolute atomic E-state index is 11.7. The van der Waals surface area contributed by atoms with Crippen LogP contribution < -0.4 is 11.1 Å². The molecule has 1 unspecified atom stereocenters. The maximum atomic E-state index is 11.7. The van der Waals surface area contributed by atoms with Crippen molar-refractivity contribution in [3.63, 3.8) is 0 Å². The van der Waals surface area contributed by atoms with Crippen LogP contribution in [0.15, 0.2) is 24.3 Å². The number of carbonyl (C=O) groups is 1. The maximum Gasteiger partial charge on any atom is 0.255 e. The van der Waals surface area contributed by atoms with Gasteiger partial charge in [-0.2, -0.15) is 0 Å². The molecule has 0 bridgehead atoms. The molecule has 0 spiro atoms. The van der Waals surface area contributed by atoms with Gasteiger partial charge in [0.25, 0.3) is 5.91 Å². The largest absolute Gasteiger partial charge is 0.507 e. The second-order valence-electron chi connectivity index (χ2n) is 4.23. The average Bonchev–Trinajstić information content (AvgIpc) is 3.10. The van der Waals surface area contributed by atoms with Crippen molar-refractivity contribution in [1.29, 1.82) is 0 Å². The van der Waals surface area contributed by atoms with E-state index in [0.717, 1.165) is 12.8 Å². The van der Waals surface area contributed by atoms with Crippen molar-refractivity contribution in [3.8, 4) is 5.75 Å². The quantitative estimate of drug-likeness (QED) is 0.704. The molecule has 0 saturated heterocycles. The van der Waals surface area contributed by atoms with Crippen LogP contribution in [0.4, 0.5) is 0 Å². The molecule has 4 heteroatoms. The van der Waals surface area contributed by atoms with E-state index in [1.807, 2.05) is 0 Å². The predicted octanol–water partition coefficient (Wildman–Crippen LogP) is 0.859. The fraction of sp³-hybridized carbons (Fsp3) is 0.417. The Bertz CT molecular complexity index is 388. The van der Waals surface area contributed by atoms with Crippen LogP contribution in [-0.2, 0) is 0 Å². The third-order valence-corrected chi connectivity index (χ3v) is 2.87. The molecule has 0 aromatic heterocycles. The first-order valence-corrected chi connectivity index (χ1v) is 5.50. The molecule has 1 atom stereocenters. The standard InChI is InChI=1S/C12H16N2O2/c13-10(8-5-6-8)7-14-12(16)9-3-1-2-4-11(9)15/h1-4,8,10,15H,5-7,13H2,(H,14,16). The Morgan fingerprint density at radius 1 is 1.50 bits per heavy atom. The number of nitrogens with one attached hydrogen (secondary N) is 1. The lowest BCUT2D eigenvalue weighted by Crippen LogP contribution is -2.38. The van der Waals surface area contributed by atoms with Crippen LogP contribution in [0.5, 0.6) is 5.75 Å². The molecule has 4 nitrogen and oxygen atoms in total. The third-order valence-electron chi connectivity index (χ3n) is 2.87. The molecule has 0 aliphatic heterocycles. The van der Waals surface area contributed by atoms with Gasteiger partial charge in [-0.25, -0.2) is 0 Å². The number of rotatable bonds is 4. The Morgan fingerprint density at radius 2 is 2.19 bits per heavy atom. The fourth-order valence-corrected chi connectivity index (χ4v) is 1.66. The summed E-state index contributed by atoms with van der Waals surface area (Å²) in [6.07, 6.45) is 2.32. The van der Waals surface area contributed by atoms with Gasteiger partial charge >= 0.3 is 0 Å². The zero-order chi connectivity index (χ0) is 11.5. The summed E-state index contributed by atoms with van der Waals surface area (Å²) >= 11 is 0. The summed E-state index contributed by atoms with van der Waals surface area (Å²) in [5.74, 6) is 0.291. The van der Waals surface area contributed by atoms with Gasteiger partial charge in [0.1, 0.15) is 5.75 Å². The van der Waals surface area contributed by atoms with Crippen molar-refractivity contribution in [2.24, 2.45) is 11.7 Å². The van der Waals surface area contributed by atoms with Gasteiger partial charge in [0.05, 0.1) is 5.56 Å². The number of nitrogens with two attached hydrogens (primary N) is 1. The molecule has 16 heavy (non-hydrogen) atoms. The van der Waals surface area contributed by atoms with Crippen LogP contribution in [-0.4, -0.2) is 23.6 Å². The van der Waals surface area contributed by atoms with Crippen LogP contribution in [0.3, 0.4) is 0 Å². The summed E-state index contributed by atoms with van der Waals surface area (Å²) in [5, 5.41) is 12.2. The molecule has 1 aliphatic rings. The lowest BCUT2D eigenvalue weighted by atomic mass is 10.1. The molecule has 0 radical (unpaired) electrons. The lowest BCUT2D eigenvalue weighted by molar-refractivity contribution is 0.0947. The second-order valence-corrected chi connectivity index (χ2v) is 4.23. The van der Waals surface area contributed by atoms with Gasteiger partial charge in [-0.3, -0.25) is 4.79 Å². The summed E-state index contributed by atoms with van der Waals surface area (Å²) in [5.41, 5.74) is 6.16. The van der Waals surface area contributed by atoms with E-state index in [1.54, 1.807) is 18.2 Å². The highest BCUT2D eigenvalue weighted by molar-refractivity contribution is 5.96. The Morgan fingerprint density at radius 3 is 2.81 bits per heavy atom. The Kier molecular flexibility index (Phi) is 3.10. The van der Waals surface area contributed by atoms with Crippen molar-refractivity contribution in [3.05, 3.63) is 29.8 Å². The normalized spacial score (nSPS) is 16.8. The summed E-state index contributed by atoms with van der Waals surface area (Å²) in [6, 6.07) is 6.52. The first kappa shape index (κ1) is 11.0. The number of amides is 1. The number of aromatic hydroxyl groups is 1. The highest BCUT2D eigenvalue weighted by atomic mass is 16.3. The highest BCUT2D eigenvalue weighted by Crippen LogP contribution is 2.31. The summed E-state index contributed by atoms with van der Waals surface area (Å²) in [4.78, 5) is 11.7. The molecule has 1 saturated carbocycles. The predicted molar refractivity (Wildman–Crippen MR) is 61.1 cm³/mol. The molecule has 0 heterocycles. The molecule has 4 N–H and O–H groups in total. The number of hydrogen-bond acceptors (Lipinski definition) is 3. The second kappa shape index (κ2) is 4.53. The summed E-state index contributed by atoms with van der Waals surface area (Å²) < 4.78 is 0. The van der Waals surface area contributed by atoms with Crippen LogP contribution in [0.1, 0.15) is 23.2 Å². The van der Waals surface area contributed by atoms with Crippen molar-refractivity contribution in [1.82, 2.24) is 5.32 Å². The SMILES string of the molecule is NC(CNC(=O)c1ccccc1O)C1CC1. The molecule has 1 aromatic carbocycles. The van der Waals surface area contributed by atoms with Gasteiger partial charge in [-0.1, -0.05) is 12.1 Å². The summed E-state index contributed by atoms with van der Waals surface area (Å²) in [7, 11) is 0. The summed E-state index contributed by atoms with van der Waals surface area (Å²) in [6.45, 7) is 0.470. The third kappa shape index (κ3) is 2.52. The molecule has 86 valence electrons. The van der Waals surface area contributed by atoms with Crippen molar-refractivity contribution >= 4 is 5.91 Å². The number of carbonyl (C=O) groups excluding carboxylic acids is 1. The van der Waals surface area contributed by atoms with Crippen LogP contribution in [0.25, 0.3) is 0 Å². The minimum absolute atomic E-state index is 0.00000614. The number of hydrogen-bond donors (Lipinski definition) is 3. The van der Waals surface area contributed by atoms with Crippen molar-refractivity contribution < 1.29 is 9.90 Å². The topological polar surface area (TPSA) is 75.3 Å². The van der Waals surface area contributed by atoms with Gasteiger partial charge < -0.3 is 16.2 Å². The molecule has 1 amide bonds. The van der Waals surface area contributed by atoms with Gasteiger partial charge in [0, 0.05) is 12.6 Å². The van der Waals surface area contributed by atoms with E-state index in [1.165, 1.54) is 6.07 Å². The zero-order valence-electron chi connectivity index (χ0n) is 9.02. The monoisotopic (exact) mass is 220 g/mol. The minimum Gasteiger partial charge on any atom is -0.507 e. The van der Waals surface area contributed by atoms with Crippen LogP contribution in [0.2, 0.25) is 0 Å². The number of phenols is 1. The molecule has 1 aliphatic carbocycles.